The zero-order chi connectivity index (χ0) is 18.2. The van der Waals surface area contributed by atoms with Crippen LogP contribution in [0.3, 0.4) is 0 Å². The molecule has 6 heteroatoms. The molecule has 2 aromatic rings. The molecule has 0 saturated heterocycles. The summed E-state index contributed by atoms with van der Waals surface area (Å²) in [5.74, 6) is 2.03. The van der Waals surface area contributed by atoms with E-state index in [2.05, 4.69) is 27.1 Å². The Morgan fingerprint density at radius 3 is 2.56 bits per heavy atom. The first-order chi connectivity index (χ1) is 12.0. The third kappa shape index (κ3) is 5.45. The molecule has 1 N–H and O–H groups in total. The van der Waals surface area contributed by atoms with Gasteiger partial charge in [0.1, 0.15) is 17.5 Å². The fourth-order valence-electron chi connectivity index (χ4n) is 2.37. The summed E-state index contributed by atoms with van der Waals surface area (Å²) in [5.41, 5.74) is 1.39. The summed E-state index contributed by atoms with van der Waals surface area (Å²) in [7, 11) is 2.04. The SMILES string of the molecule is CCCCN(C)c1cc(Nc2ccc(C(=O)OCC)cc2)nc(C)n1. The van der Waals surface area contributed by atoms with E-state index in [0.29, 0.717) is 18.0 Å². The smallest absolute Gasteiger partial charge is 0.338 e. The van der Waals surface area contributed by atoms with Crippen LogP contribution in [-0.4, -0.2) is 36.1 Å². The van der Waals surface area contributed by atoms with Crippen LogP contribution in [0.2, 0.25) is 0 Å². The molecule has 0 bridgehead atoms. The van der Waals surface area contributed by atoms with Crippen molar-refractivity contribution in [3.8, 4) is 0 Å². The molecule has 1 aromatic heterocycles. The maximum atomic E-state index is 11.7. The van der Waals surface area contributed by atoms with Gasteiger partial charge < -0.3 is 15.0 Å². The zero-order valence-corrected chi connectivity index (χ0v) is 15.4. The number of carbonyl (C=O) groups excluding carboxylic acids is 1. The topological polar surface area (TPSA) is 67.4 Å². The summed E-state index contributed by atoms with van der Waals surface area (Å²) in [6.07, 6.45) is 2.27. The number of nitrogens with zero attached hydrogens (tertiary/aromatic N) is 3. The van der Waals surface area contributed by atoms with Crippen molar-refractivity contribution in [2.75, 3.05) is 30.4 Å². The second-order valence-electron chi connectivity index (χ2n) is 5.86. The number of ether oxygens (including phenoxy) is 1. The number of rotatable bonds is 8. The van der Waals surface area contributed by atoms with Crippen molar-refractivity contribution in [2.24, 2.45) is 0 Å². The van der Waals surface area contributed by atoms with Crippen molar-refractivity contribution in [3.63, 3.8) is 0 Å². The number of aryl methyl sites for hydroxylation is 1. The average Bonchev–Trinajstić information content (AvgIpc) is 2.60. The van der Waals surface area contributed by atoms with Gasteiger partial charge in [0, 0.05) is 25.3 Å². The first-order valence-corrected chi connectivity index (χ1v) is 8.64. The number of hydrogen-bond donors (Lipinski definition) is 1. The molecule has 1 heterocycles. The largest absolute Gasteiger partial charge is 0.462 e. The summed E-state index contributed by atoms with van der Waals surface area (Å²) < 4.78 is 4.99. The third-order valence-corrected chi connectivity index (χ3v) is 3.73. The summed E-state index contributed by atoms with van der Waals surface area (Å²) >= 11 is 0. The maximum Gasteiger partial charge on any atom is 0.338 e. The zero-order valence-electron chi connectivity index (χ0n) is 15.4. The van der Waals surface area contributed by atoms with Crippen LogP contribution in [0.15, 0.2) is 30.3 Å². The van der Waals surface area contributed by atoms with E-state index < -0.39 is 0 Å². The lowest BCUT2D eigenvalue weighted by Gasteiger charge is -2.19. The molecule has 0 spiro atoms. The molecular weight excluding hydrogens is 316 g/mol. The van der Waals surface area contributed by atoms with Gasteiger partial charge in [-0.2, -0.15) is 0 Å². The lowest BCUT2D eigenvalue weighted by molar-refractivity contribution is 0.0526. The van der Waals surface area contributed by atoms with Crippen LogP contribution in [0.1, 0.15) is 42.9 Å². The molecule has 0 aliphatic rings. The summed E-state index contributed by atoms with van der Waals surface area (Å²) in [6.45, 7) is 7.17. The Morgan fingerprint density at radius 2 is 1.92 bits per heavy atom. The number of carbonyl (C=O) groups is 1. The van der Waals surface area contributed by atoms with E-state index in [9.17, 15) is 4.79 Å². The van der Waals surface area contributed by atoms with E-state index in [1.165, 1.54) is 0 Å². The predicted octanol–water partition coefficient (Wildman–Crippen LogP) is 3.94. The van der Waals surface area contributed by atoms with Crippen molar-refractivity contribution >= 4 is 23.3 Å². The average molecular weight is 342 g/mol. The second-order valence-corrected chi connectivity index (χ2v) is 5.86. The summed E-state index contributed by atoms with van der Waals surface area (Å²) in [5, 5.41) is 3.26. The fourth-order valence-corrected chi connectivity index (χ4v) is 2.37. The van der Waals surface area contributed by atoms with Crippen molar-refractivity contribution in [1.82, 2.24) is 9.97 Å². The number of nitrogens with one attached hydrogen (secondary N) is 1. The normalized spacial score (nSPS) is 10.4. The number of hydrogen-bond acceptors (Lipinski definition) is 6. The molecular formula is C19H26N4O2. The molecule has 0 aliphatic carbocycles. The molecule has 0 aliphatic heterocycles. The first-order valence-electron chi connectivity index (χ1n) is 8.64. The maximum absolute atomic E-state index is 11.7. The Labute approximate surface area is 149 Å². The van der Waals surface area contributed by atoms with E-state index in [4.69, 9.17) is 4.74 Å². The Kier molecular flexibility index (Phi) is 6.74. The Hall–Kier alpha value is -2.63. The van der Waals surface area contributed by atoms with Crippen LogP contribution >= 0.6 is 0 Å². The van der Waals surface area contributed by atoms with Gasteiger partial charge in [-0.25, -0.2) is 14.8 Å². The van der Waals surface area contributed by atoms with Crippen LogP contribution in [-0.2, 0) is 4.74 Å². The van der Waals surface area contributed by atoms with Crippen LogP contribution in [0, 0.1) is 6.92 Å². The van der Waals surface area contributed by atoms with Crippen molar-refractivity contribution in [2.45, 2.75) is 33.6 Å². The lowest BCUT2D eigenvalue weighted by Crippen LogP contribution is -2.20. The van der Waals surface area contributed by atoms with Crippen molar-refractivity contribution < 1.29 is 9.53 Å². The molecule has 0 unspecified atom stereocenters. The molecule has 0 radical (unpaired) electrons. The first kappa shape index (κ1) is 18.7. The highest BCUT2D eigenvalue weighted by Crippen LogP contribution is 2.20. The predicted molar refractivity (Wildman–Crippen MR) is 101 cm³/mol. The van der Waals surface area contributed by atoms with E-state index in [1.54, 1.807) is 19.1 Å². The van der Waals surface area contributed by atoms with Crippen LogP contribution in [0.4, 0.5) is 17.3 Å². The van der Waals surface area contributed by atoms with E-state index in [0.717, 1.165) is 36.7 Å². The fraction of sp³-hybridized carbons (Fsp3) is 0.421. The number of benzene rings is 1. The molecule has 2 rings (SSSR count). The Balaban J connectivity index is 2.11. The number of aromatic nitrogens is 2. The molecule has 6 nitrogen and oxygen atoms in total. The lowest BCUT2D eigenvalue weighted by atomic mass is 10.2. The molecule has 0 saturated carbocycles. The van der Waals surface area contributed by atoms with E-state index in [1.807, 2.05) is 32.2 Å². The minimum absolute atomic E-state index is 0.313. The number of esters is 1. The Bertz CT molecular complexity index is 701. The molecule has 0 fully saturated rings. The highest BCUT2D eigenvalue weighted by molar-refractivity contribution is 5.89. The molecule has 1 aromatic carbocycles. The number of anilines is 3. The monoisotopic (exact) mass is 342 g/mol. The van der Waals surface area contributed by atoms with Gasteiger partial charge in [-0.05, 0) is 44.5 Å². The molecule has 25 heavy (non-hydrogen) atoms. The standard InChI is InChI=1S/C19H26N4O2/c1-5-7-12-23(4)18-13-17(20-14(3)21-18)22-16-10-8-15(9-11-16)19(24)25-6-2/h8-11,13H,5-7,12H2,1-4H3,(H,20,21,22). The van der Waals surface area contributed by atoms with Gasteiger partial charge in [-0.15, -0.1) is 0 Å². The van der Waals surface area contributed by atoms with Gasteiger partial charge in [0.05, 0.1) is 12.2 Å². The van der Waals surface area contributed by atoms with Crippen molar-refractivity contribution in [3.05, 3.63) is 41.7 Å². The van der Waals surface area contributed by atoms with Gasteiger partial charge in [0.25, 0.3) is 0 Å². The highest BCUT2D eigenvalue weighted by atomic mass is 16.5. The van der Waals surface area contributed by atoms with E-state index >= 15 is 0 Å². The van der Waals surface area contributed by atoms with Crippen LogP contribution in [0.25, 0.3) is 0 Å². The van der Waals surface area contributed by atoms with Gasteiger partial charge in [0.15, 0.2) is 0 Å². The Morgan fingerprint density at radius 1 is 1.20 bits per heavy atom. The highest BCUT2D eigenvalue weighted by Gasteiger charge is 2.08. The van der Waals surface area contributed by atoms with Gasteiger partial charge in [-0.1, -0.05) is 13.3 Å². The minimum Gasteiger partial charge on any atom is -0.462 e. The number of unbranched alkanes of at least 4 members (excludes halogenated alkanes) is 1. The van der Waals surface area contributed by atoms with Crippen LogP contribution in [0.5, 0.6) is 0 Å². The van der Waals surface area contributed by atoms with E-state index in [-0.39, 0.29) is 5.97 Å². The van der Waals surface area contributed by atoms with Crippen molar-refractivity contribution in [1.29, 1.82) is 0 Å². The van der Waals surface area contributed by atoms with Gasteiger partial charge in [-0.3, -0.25) is 0 Å². The van der Waals surface area contributed by atoms with Gasteiger partial charge >= 0.3 is 5.97 Å². The molecule has 0 amide bonds. The summed E-state index contributed by atoms with van der Waals surface area (Å²) in [4.78, 5) is 22.8. The molecule has 134 valence electrons. The minimum atomic E-state index is -0.313. The summed E-state index contributed by atoms with van der Waals surface area (Å²) in [6, 6.07) is 9.08. The molecule has 0 atom stereocenters. The third-order valence-electron chi connectivity index (χ3n) is 3.73. The van der Waals surface area contributed by atoms with Crippen LogP contribution < -0.4 is 10.2 Å². The second kappa shape index (κ2) is 9.01. The quantitative estimate of drug-likeness (QED) is 0.733. The van der Waals surface area contributed by atoms with Gasteiger partial charge in [0.2, 0.25) is 0 Å².